The number of carbonyl (C=O) groups excluding carboxylic acids is 6. The van der Waals surface area contributed by atoms with Gasteiger partial charge < -0.3 is 35.3 Å². The van der Waals surface area contributed by atoms with Gasteiger partial charge in [-0.15, -0.1) is 0 Å². The van der Waals surface area contributed by atoms with Gasteiger partial charge in [0.1, 0.15) is 16.8 Å². The third-order valence-corrected chi connectivity index (χ3v) is 10.2. The summed E-state index contributed by atoms with van der Waals surface area (Å²) in [6.45, 7) is 15.9. The number of anilines is 6. The van der Waals surface area contributed by atoms with Crippen LogP contribution in [0.25, 0.3) is 11.1 Å². The molecule has 7 rings (SSSR count). The Labute approximate surface area is 462 Å². The molecule has 0 aromatic heterocycles. The second-order valence-electron chi connectivity index (χ2n) is 20.3. The van der Waals surface area contributed by atoms with Gasteiger partial charge in [-0.05, 0) is 177 Å². The fourth-order valence-electron chi connectivity index (χ4n) is 6.87. The minimum atomic E-state index is -1.21. The monoisotopic (exact) mass is 1090 g/mol. The number of carboxylic acids is 1. The Morgan fingerprint density at radius 3 is 1.02 bits per heavy atom. The summed E-state index contributed by atoms with van der Waals surface area (Å²) in [5.41, 5.74) is 3.26. The van der Waals surface area contributed by atoms with E-state index in [1.165, 1.54) is 36.4 Å². The minimum absolute atomic E-state index is 0.0657. The molecule has 0 heterocycles. The van der Waals surface area contributed by atoms with E-state index in [1.807, 2.05) is 48.5 Å². The van der Waals surface area contributed by atoms with E-state index in [0.717, 1.165) is 17.2 Å². The van der Waals surface area contributed by atoms with E-state index >= 15 is 0 Å². The number of benzene rings is 7. The van der Waals surface area contributed by atoms with Gasteiger partial charge >= 0.3 is 24.2 Å². The summed E-state index contributed by atoms with van der Waals surface area (Å²) in [6.07, 6.45) is -1.71. The number of hydrogen-bond donors (Lipinski definition) is 7. The van der Waals surface area contributed by atoms with Crippen LogP contribution in [0.15, 0.2) is 170 Å². The largest absolute Gasteiger partial charge is 0.478 e. The molecule has 0 atom stereocenters. The lowest BCUT2D eigenvalue weighted by Crippen LogP contribution is -2.27. The van der Waals surface area contributed by atoms with E-state index in [2.05, 4.69) is 31.9 Å². The fraction of sp³-hybridized carbons (Fsp3) is 0.197. The Kier molecular flexibility index (Phi) is 20.9. The first-order chi connectivity index (χ1) is 37.6. The fourth-order valence-corrected chi connectivity index (χ4v) is 6.87. The zero-order chi connectivity index (χ0) is 58.8. The number of carbonyl (C=O) groups is 7. The van der Waals surface area contributed by atoms with Gasteiger partial charge in [0.2, 0.25) is 0 Å². The topological polar surface area (TPSA) is 240 Å². The first-order valence-corrected chi connectivity index (χ1v) is 24.8. The summed E-state index contributed by atoms with van der Waals surface area (Å²) in [7, 11) is 0. The van der Waals surface area contributed by atoms with Crippen molar-refractivity contribution in [2.75, 3.05) is 31.9 Å². The van der Waals surface area contributed by atoms with Crippen LogP contribution in [0.4, 0.5) is 57.3 Å². The van der Waals surface area contributed by atoms with Crippen LogP contribution in [0.1, 0.15) is 104 Å². The molecule has 7 N–H and O–H groups in total. The van der Waals surface area contributed by atoms with Gasteiger partial charge in [-0.25, -0.2) is 28.0 Å². The van der Waals surface area contributed by atoms with Crippen molar-refractivity contribution in [2.24, 2.45) is 0 Å². The predicted octanol–water partition coefficient (Wildman–Crippen LogP) is 14.5. The first kappa shape index (κ1) is 60.9. The van der Waals surface area contributed by atoms with E-state index in [4.69, 9.17) is 19.3 Å². The normalized spacial score (nSPS) is 10.8. The van der Waals surface area contributed by atoms with E-state index in [-0.39, 0.29) is 17.0 Å². The Morgan fingerprint density at radius 1 is 0.350 bits per heavy atom. The maximum Gasteiger partial charge on any atom is 0.412 e. The number of hydrogen-bond acceptors (Lipinski definition) is 10. The van der Waals surface area contributed by atoms with Crippen LogP contribution in [0.2, 0.25) is 0 Å². The zero-order valence-corrected chi connectivity index (χ0v) is 45.5. The maximum atomic E-state index is 13.6. The Balaban J connectivity index is 0.000000221. The van der Waals surface area contributed by atoms with Crippen molar-refractivity contribution >= 4 is 76.1 Å². The number of ether oxygens (including phenoxy) is 3. The van der Waals surface area contributed by atoms with Gasteiger partial charge in [-0.3, -0.25) is 30.3 Å². The molecule has 80 heavy (non-hydrogen) atoms. The highest BCUT2D eigenvalue weighted by Gasteiger charge is 2.21. The van der Waals surface area contributed by atoms with Crippen molar-refractivity contribution in [1.29, 1.82) is 0 Å². The molecule has 0 aliphatic rings. The Bertz CT molecular complexity index is 3300. The number of amides is 6. The van der Waals surface area contributed by atoms with Crippen LogP contribution in [-0.2, 0) is 14.2 Å². The van der Waals surface area contributed by atoms with Crippen LogP contribution in [0, 0.1) is 11.6 Å². The van der Waals surface area contributed by atoms with Gasteiger partial charge in [-0.2, -0.15) is 0 Å². The van der Waals surface area contributed by atoms with Gasteiger partial charge in [0, 0.05) is 39.7 Å². The van der Waals surface area contributed by atoms with Crippen LogP contribution in [0.5, 0.6) is 0 Å². The number of nitrogens with one attached hydrogen (secondary N) is 6. The summed E-state index contributed by atoms with van der Waals surface area (Å²) in [6, 6.07) is 46.0. The minimum Gasteiger partial charge on any atom is -0.478 e. The highest BCUT2D eigenvalue weighted by atomic mass is 19.2. The average molecular weight is 1090 g/mol. The molecule has 0 spiro atoms. The third-order valence-electron chi connectivity index (χ3n) is 10.2. The highest BCUT2D eigenvalue weighted by molar-refractivity contribution is 6.11. The first-order valence-electron chi connectivity index (χ1n) is 24.8. The summed E-state index contributed by atoms with van der Waals surface area (Å²) in [4.78, 5) is 83.5. The summed E-state index contributed by atoms with van der Waals surface area (Å²) < 4.78 is 42.3. The summed E-state index contributed by atoms with van der Waals surface area (Å²) >= 11 is 0. The predicted molar refractivity (Wildman–Crippen MR) is 304 cm³/mol. The van der Waals surface area contributed by atoms with Gasteiger partial charge in [0.05, 0.1) is 16.7 Å². The molecule has 0 saturated carbocycles. The van der Waals surface area contributed by atoms with Crippen molar-refractivity contribution in [2.45, 2.75) is 79.1 Å². The standard InChI is InChI=1S/C24H24N2O3.C19H20N2O5.C18H18F2N2O3/c1-24(2,3)29-23(28)26-19-15-13-18(14-16-19)25-22(27)21-12-8-7-11-20(21)17-9-5-4-6-10-17;1-19(2,3)26-18(25)21-13-10-8-12(9-11-13)20-16(22)14-6-4-5-7-15(14)17(23)24;1-18(2,3)25-17(24)22-12-9-7-11(8-10-12)21-16(23)13-5-4-6-14(19)15(13)20/h4-16H,1-3H3,(H,25,27)(H,26,28);4-11H,1-3H3,(H,20,22)(H,21,25)(H,23,24);4-10H,1-3H3,(H,21,23)(H,22,24). The van der Waals surface area contributed by atoms with Crippen molar-refractivity contribution in [3.63, 3.8) is 0 Å². The molecule has 0 saturated heterocycles. The molecule has 0 unspecified atom stereocenters. The number of halogens is 2. The molecule has 0 radical (unpaired) electrons. The van der Waals surface area contributed by atoms with Crippen LogP contribution >= 0.6 is 0 Å². The van der Waals surface area contributed by atoms with Gasteiger partial charge in [0.15, 0.2) is 11.6 Å². The molecule has 19 heteroatoms. The molecule has 416 valence electrons. The number of aromatic carboxylic acids is 1. The van der Waals surface area contributed by atoms with E-state index in [9.17, 15) is 42.3 Å². The van der Waals surface area contributed by atoms with E-state index in [0.29, 0.717) is 39.7 Å². The quantitative estimate of drug-likeness (QED) is 0.0601. The van der Waals surface area contributed by atoms with E-state index < -0.39 is 70.1 Å². The number of rotatable bonds is 11. The maximum absolute atomic E-state index is 13.6. The van der Waals surface area contributed by atoms with Crippen molar-refractivity contribution in [1.82, 2.24) is 0 Å². The van der Waals surface area contributed by atoms with Gasteiger partial charge in [0.25, 0.3) is 17.7 Å². The molecule has 6 amide bonds. The second-order valence-corrected chi connectivity index (χ2v) is 20.3. The molecule has 0 aliphatic carbocycles. The Hall–Kier alpha value is -9.91. The smallest absolute Gasteiger partial charge is 0.412 e. The molecule has 0 bridgehead atoms. The van der Waals surface area contributed by atoms with Crippen LogP contribution < -0.4 is 31.9 Å². The Morgan fingerprint density at radius 2 is 0.650 bits per heavy atom. The lowest BCUT2D eigenvalue weighted by Gasteiger charge is -2.19. The third kappa shape index (κ3) is 20.2. The lowest BCUT2D eigenvalue weighted by molar-refractivity contribution is 0.0624. The SMILES string of the molecule is CC(C)(C)OC(=O)Nc1ccc(NC(=O)c2cccc(F)c2F)cc1.CC(C)(C)OC(=O)Nc1ccc(NC(=O)c2ccccc2-c2ccccc2)cc1.CC(C)(C)OC(=O)Nc1ccc(NC(=O)c2ccccc2C(=O)O)cc1. The van der Waals surface area contributed by atoms with Crippen molar-refractivity contribution in [3.8, 4) is 11.1 Å². The average Bonchev–Trinajstić information content (AvgIpc) is 3.39. The molecule has 0 fully saturated rings. The van der Waals surface area contributed by atoms with Crippen LogP contribution in [-0.4, -0.2) is 63.9 Å². The van der Waals surface area contributed by atoms with Gasteiger partial charge in [-0.1, -0.05) is 66.7 Å². The molecular formula is C61H62F2N6O11. The second kappa shape index (κ2) is 27.4. The lowest BCUT2D eigenvalue weighted by atomic mass is 9.99. The summed E-state index contributed by atoms with van der Waals surface area (Å²) in [5.74, 6) is -4.97. The van der Waals surface area contributed by atoms with Crippen LogP contribution in [0.3, 0.4) is 0 Å². The van der Waals surface area contributed by atoms with Crippen molar-refractivity contribution < 1.29 is 61.7 Å². The molecule has 17 nitrogen and oxygen atoms in total. The number of carboxylic acid groups (broad SMARTS) is 1. The van der Waals surface area contributed by atoms with E-state index in [1.54, 1.807) is 141 Å². The van der Waals surface area contributed by atoms with Crippen molar-refractivity contribution in [3.05, 3.63) is 204 Å². The molecular weight excluding hydrogens is 1030 g/mol. The molecule has 0 aliphatic heterocycles. The molecule has 7 aromatic rings. The highest BCUT2D eigenvalue weighted by Crippen LogP contribution is 2.26. The summed E-state index contributed by atoms with van der Waals surface area (Å²) in [5, 5.41) is 24.9. The zero-order valence-electron chi connectivity index (χ0n) is 45.5. The molecule has 7 aromatic carbocycles.